The Bertz CT molecular complexity index is 167. The molecule has 0 aromatic heterocycles. The zero-order chi connectivity index (χ0) is 22.1. The van der Waals surface area contributed by atoms with Crippen molar-refractivity contribution in [1.82, 2.24) is 0 Å². The van der Waals surface area contributed by atoms with Gasteiger partial charge in [0, 0.05) is 69.3 Å². The van der Waals surface area contributed by atoms with Crippen LogP contribution in [-0.4, -0.2) is 190 Å². The second-order valence-electron chi connectivity index (χ2n) is 7.46. The van der Waals surface area contributed by atoms with Crippen LogP contribution >= 0.6 is 0 Å². The standard InChI is InChI=1S/4C6H15N.2Ge.6Se/c4*1-3-5-7-6-4-2;;;;;;;;/h4*7H,3-6H2,1-2H3;;;;;;;;/q;;;;;;;;4*-1/p+4. The monoisotopic (exact) mass is 1040 g/mol. The van der Waals surface area contributed by atoms with Gasteiger partial charge in [-0.1, -0.05) is 55.4 Å². The third-order valence-corrected chi connectivity index (χ3v) is 3.94. The molecule has 16 radical (unpaired) electrons. The van der Waals surface area contributed by atoms with E-state index in [0.717, 1.165) is 0 Å². The first kappa shape index (κ1) is 77.6. The fraction of sp³-hybridized carbons (Fsp3) is 1.00. The van der Waals surface area contributed by atoms with E-state index in [1.807, 2.05) is 0 Å². The minimum Gasteiger partial charge on any atom is -1.00 e. The number of hydrogen-bond acceptors (Lipinski definition) is 0. The number of hydrogen-bond donors (Lipinski definition) is 4. The average molecular weight is 1030 g/mol. The van der Waals surface area contributed by atoms with Crippen molar-refractivity contribution in [3.63, 3.8) is 0 Å². The van der Waals surface area contributed by atoms with Crippen molar-refractivity contribution in [3.8, 4) is 0 Å². The van der Waals surface area contributed by atoms with E-state index in [1.165, 1.54) is 104 Å². The van der Waals surface area contributed by atoms with Gasteiger partial charge in [0.05, 0.1) is 52.4 Å². The quantitative estimate of drug-likeness (QED) is 0.107. The molecule has 8 N–H and O–H groups in total. The molecule has 224 valence electrons. The van der Waals surface area contributed by atoms with Crippen LogP contribution in [0, 0.1) is 0 Å². The molecule has 0 aliphatic rings. The summed E-state index contributed by atoms with van der Waals surface area (Å²) in [5, 5.41) is 9.44. The topological polar surface area (TPSA) is 66.4 Å². The van der Waals surface area contributed by atoms with Gasteiger partial charge in [-0.15, -0.1) is 0 Å². The van der Waals surface area contributed by atoms with Gasteiger partial charge in [-0.25, -0.2) is 0 Å². The first-order chi connectivity index (χ1) is 13.7. The zero-order valence-corrected chi connectivity index (χ0v) is 39.5. The molecular formula is C24H64Ge2N4Se6. The normalized spacial score (nSPS) is 7.33. The maximum atomic E-state index is 2.36. The Balaban J connectivity index is -0.0000000199. The summed E-state index contributed by atoms with van der Waals surface area (Å²) in [5.74, 6) is 0. The van der Waals surface area contributed by atoms with Gasteiger partial charge < -0.3 is 89.5 Å². The summed E-state index contributed by atoms with van der Waals surface area (Å²) in [7, 11) is 0. The molecule has 36 heavy (non-hydrogen) atoms. The molecule has 0 aromatic rings. The SMILES string of the molecule is CCC[NH2+]CCC.CCC[NH2+]CCC.CCC[NH2+]CCC.CCC[NH2+]CCC.[Ge].[Ge].[Se-].[Se-].[Se-].[Se-].[Se].[Se]. The van der Waals surface area contributed by atoms with E-state index in [-0.39, 0.29) is 138 Å². The molecule has 0 heterocycles. The van der Waals surface area contributed by atoms with Crippen molar-refractivity contribution in [2.75, 3.05) is 52.4 Å². The average Bonchev–Trinajstić information content (AvgIpc) is 2.71. The second-order valence-corrected chi connectivity index (χ2v) is 7.46. The van der Waals surface area contributed by atoms with Gasteiger partial charge in [-0.2, -0.15) is 0 Å². The van der Waals surface area contributed by atoms with Gasteiger partial charge in [-0.05, 0) is 51.4 Å². The largest absolute Gasteiger partial charge is 1.00 e. The van der Waals surface area contributed by atoms with Gasteiger partial charge in [0.15, 0.2) is 0 Å². The van der Waals surface area contributed by atoms with Crippen LogP contribution in [0.3, 0.4) is 0 Å². The summed E-state index contributed by atoms with van der Waals surface area (Å²) in [6, 6.07) is 0. The first-order valence-corrected chi connectivity index (χ1v) is 12.9. The predicted octanol–water partition coefficient (Wildman–Crippen LogP) is -1.57. The first-order valence-electron chi connectivity index (χ1n) is 12.9. The van der Waals surface area contributed by atoms with Crippen molar-refractivity contribution in [1.29, 1.82) is 0 Å². The Morgan fingerprint density at radius 1 is 0.278 bits per heavy atom. The van der Waals surface area contributed by atoms with E-state index in [4.69, 9.17) is 0 Å². The van der Waals surface area contributed by atoms with E-state index >= 15 is 0 Å². The molecule has 0 atom stereocenters. The van der Waals surface area contributed by atoms with Crippen LogP contribution in [-0.2, 0) is 0 Å². The molecule has 0 saturated heterocycles. The Labute approximate surface area is 314 Å². The Kier molecular flexibility index (Phi) is 211. The van der Waals surface area contributed by atoms with E-state index in [9.17, 15) is 0 Å². The molecule has 0 spiro atoms. The summed E-state index contributed by atoms with van der Waals surface area (Å²) in [6.45, 7) is 28.1. The van der Waals surface area contributed by atoms with Gasteiger partial charge in [0.1, 0.15) is 0 Å². The summed E-state index contributed by atoms with van der Waals surface area (Å²) >= 11 is 0. The van der Waals surface area contributed by atoms with Gasteiger partial charge in [0.2, 0.25) is 0 Å². The van der Waals surface area contributed by atoms with Crippen LogP contribution in [0.4, 0.5) is 0 Å². The second kappa shape index (κ2) is 97.7. The molecule has 0 bridgehead atoms. The number of rotatable bonds is 16. The van der Waals surface area contributed by atoms with E-state index in [2.05, 4.69) is 76.7 Å². The molecule has 0 fully saturated rings. The van der Waals surface area contributed by atoms with Crippen LogP contribution in [0.2, 0.25) is 0 Å². The zero-order valence-electron chi connectivity index (χ0n) is 25.1. The van der Waals surface area contributed by atoms with E-state index < -0.39 is 0 Å². The van der Waals surface area contributed by atoms with Crippen LogP contribution in [0.5, 0.6) is 0 Å². The predicted molar refractivity (Wildman–Crippen MR) is 175 cm³/mol. The van der Waals surface area contributed by atoms with Gasteiger partial charge >= 0.3 is 0 Å². The Hall–Kier alpha value is 4.04. The fourth-order valence-corrected chi connectivity index (χ4v) is 2.21. The molecule has 0 aliphatic carbocycles. The van der Waals surface area contributed by atoms with E-state index in [1.54, 1.807) is 0 Å². The minimum absolute atomic E-state index is 0. The summed E-state index contributed by atoms with van der Waals surface area (Å²) in [4.78, 5) is 0. The van der Waals surface area contributed by atoms with Crippen LogP contribution < -0.4 is 21.3 Å². The van der Waals surface area contributed by atoms with Crippen LogP contribution in [0.1, 0.15) is 107 Å². The van der Waals surface area contributed by atoms with Crippen molar-refractivity contribution in [2.45, 2.75) is 107 Å². The molecule has 0 unspecified atom stereocenters. The van der Waals surface area contributed by atoms with Crippen molar-refractivity contribution in [2.24, 2.45) is 0 Å². The Morgan fingerprint density at radius 2 is 0.361 bits per heavy atom. The summed E-state index contributed by atoms with van der Waals surface area (Å²) in [6.07, 6.45) is 10.4. The molecule has 0 amide bonds. The third kappa shape index (κ3) is 130. The molecular weight excluding hydrogens is 963 g/mol. The molecule has 0 rings (SSSR count). The smallest absolute Gasteiger partial charge is 0.0752 e. The molecule has 12 heteroatoms. The number of nitrogens with two attached hydrogens (primary N) is 4. The Morgan fingerprint density at radius 3 is 0.417 bits per heavy atom. The molecule has 0 aliphatic heterocycles. The maximum absolute atomic E-state index is 2.36. The molecule has 4 nitrogen and oxygen atoms in total. The van der Waals surface area contributed by atoms with Gasteiger partial charge in [0.25, 0.3) is 0 Å². The van der Waals surface area contributed by atoms with Crippen molar-refractivity contribution in [3.05, 3.63) is 0 Å². The fourth-order valence-electron chi connectivity index (χ4n) is 2.21. The van der Waals surface area contributed by atoms with E-state index in [0.29, 0.717) is 0 Å². The molecule has 0 aromatic carbocycles. The van der Waals surface area contributed by atoms with Crippen molar-refractivity contribution < 1.29 is 21.3 Å². The minimum atomic E-state index is 0. The van der Waals surface area contributed by atoms with Crippen LogP contribution in [0.15, 0.2) is 0 Å². The summed E-state index contributed by atoms with van der Waals surface area (Å²) in [5.41, 5.74) is 0. The summed E-state index contributed by atoms with van der Waals surface area (Å²) < 4.78 is 0. The van der Waals surface area contributed by atoms with Gasteiger partial charge in [-0.3, -0.25) is 0 Å². The molecule has 0 saturated carbocycles. The van der Waals surface area contributed by atoms with Crippen LogP contribution in [0.25, 0.3) is 0 Å². The van der Waals surface area contributed by atoms with Crippen molar-refractivity contribution >= 4 is 138 Å². The number of quaternary nitrogens is 4. The third-order valence-electron chi connectivity index (χ3n) is 3.94. The maximum Gasteiger partial charge on any atom is 0.0752 e.